The van der Waals surface area contributed by atoms with E-state index in [0.29, 0.717) is 36.2 Å². The average molecular weight is 332 g/mol. The van der Waals surface area contributed by atoms with E-state index in [1.807, 2.05) is 24.8 Å². The van der Waals surface area contributed by atoms with Crippen LogP contribution in [-0.2, 0) is 9.84 Å². The summed E-state index contributed by atoms with van der Waals surface area (Å²) in [5.74, 6) is 1.19. The number of nitrogens with zero attached hydrogens (tertiary/aromatic N) is 1. The normalized spacial score (nSPS) is 21.2. The third kappa shape index (κ3) is 2.45. The highest BCUT2D eigenvalue weighted by Gasteiger charge is 2.45. The van der Waals surface area contributed by atoms with Crippen LogP contribution in [0.15, 0.2) is 18.2 Å². The van der Waals surface area contributed by atoms with E-state index in [-0.39, 0.29) is 11.8 Å². The number of aryl methyl sites for hydroxylation is 2. The summed E-state index contributed by atoms with van der Waals surface area (Å²) in [6.07, 6.45) is 0. The van der Waals surface area contributed by atoms with Crippen molar-refractivity contribution in [2.75, 3.05) is 24.6 Å². The van der Waals surface area contributed by atoms with Gasteiger partial charge in [0.15, 0.2) is 9.84 Å². The first kappa shape index (κ1) is 14.8. The zero-order chi connectivity index (χ0) is 16.4. The molecule has 1 N–H and O–H groups in total. The van der Waals surface area contributed by atoms with Gasteiger partial charge >= 0.3 is 0 Å². The number of fused-ring (bicyclic) bond motifs is 1. The molecule has 2 aliphatic rings. The molecule has 23 heavy (non-hydrogen) atoms. The maximum atomic E-state index is 12.6. The standard InChI is InChI=1S/C17H20N2O3S/c1-10-3-11(2)14-5-16(18-15(14)4-10)17(20)19-6-12(7-19)13-8-23(21,22)9-13/h3-5,12-13,18H,6-9H2,1-2H3. The Morgan fingerprint density at radius 1 is 1.13 bits per heavy atom. The number of carbonyl (C=O) groups is 1. The Bertz CT molecular complexity index is 895. The summed E-state index contributed by atoms with van der Waals surface area (Å²) in [6.45, 7) is 5.44. The van der Waals surface area contributed by atoms with Crippen molar-refractivity contribution in [3.05, 3.63) is 35.0 Å². The molecule has 2 aliphatic heterocycles. The van der Waals surface area contributed by atoms with Crippen LogP contribution in [0.2, 0.25) is 0 Å². The molecule has 0 saturated carbocycles. The molecule has 1 amide bonds. The van der Waals surface area contributed by atoms with Crippen molar-refractivity contribution in [3.63, 3.8) is 0 Å². The number of amides is 1. The molecular formula is C17H20N2O3S. The number of aromatic nitrogens is 1. The maximum Gasteiger partial charge on any atom is 0.270 e. The van der Waals surface area contributed by atoms with E-state index in [1.54, 1.807) is 0 Å². The second-order valence-electron chi connectivity index (χ2n) is 7.03. The minimum atomic E-state index is -2.78. The number of aromatic amines is 1. The van der Waals surface area contributed by atoms with Gasteiger partial charge in [-0.05, 0) is 48.9 Å². The lowest BCUT2D eigenvalue weighted by Crippen LogP contribution is -2.57. The van der Waals surface area contributed by atoms with Crippen LogP contribution in [-0.4, -0.2) is 48.8 Å². The fourth-order valence-electron chi connectivity index (χ4n) is 3.74. The van der Waals surface area contributed by atoms with E-state index in [9.17, 15) is 13.2 Å². The van der Waals surface area contributed by atoms with E-state index in [2.05, 4.69) is 17.1 Å². The van der Waals surface area contributed by atoms with E-state index in [4.69, 9.17) is 0 Å². The van der Waals surface area contributed by atoms with Crippen molar-refractivity contribution in [2.24, 2.45) is 11.8 Å². The number of hydrogen-bond acceptors (Lipinski definition) is 3. The number of H-pyrrole nitrogens is 1. The number of benzene rings is 1. The molecule has 0 bridgehead atoms. The van der Waals surface area contributed by atoms with E-state index >= 15 is 0 Å². The van der Waals surface area contributed by atoms with Crippen molar-refractivity contribution in [3.8, 4) is 0 Å². The lowest BCUT2D eigenvalue weighted by atomic mass is 9.87. The predicted molar refractivity (Wildman–Crippen MR) is 89.3 cm³/mol. The predicted octanol–water partition coefficient (Wildman–Crippen LogP) is 1.90. The molecular weight excluding hydrogens is 312 g/mol. The summed E-state index contributed by atoms with van der Waals surface area (Å²) in [6, 6.07) is 6.09. The number of carbonyl (C=O) groups excluding carboxylic acids is 1. The summed E-state index contributed by atoms with van der Waals surface area (Å²) in [4.78, 5) is 17.6. The number of rotatable bonds is 2. The van der Waals surface area contributed by atoms with Crippen LogP contribution in [0.4, 0.5) is 0 Å². The monoisotopic (exact) mass is 332 g/mol. The number of hydrogen-bond donors (Lipinski definition) is 1. The topological polar surface area (TPSA) is 70.2 Å². The fourth-order valence-corrected chi connectivity index (χ4v) is 5.49. The first-order valence-corrected chi connectivity index (χ1v) is 9.74. The number of nitrogens with one attached hydrogen (secondary N) is 1. The second-order valence-corrected chi connectivity index (χ2v) is 9.19. The fraction of sp³-hybridized carbons (Fsp3) is 0.471. The van der Waals surface area contributed by atoms with Gasteiger partial charge in [0.2, 0.25) is 0 Å². The third-order valence-electron chi connectivity index (χ3n) is 5.12. The number of likely N-dealkylation sites (tertiary alicyclic amines) is 1. The van der Waals surface area contributed by atoms with E-state index < -0.39 is 9.84 Å². The summed E-state index contributed by atoms with van der Waals surface area (Å²) < 4.78 is 22.5. The van der Waals surface area contributed by atoms with Gasteiger partial charge < -0.3 is 9.88 Å². The highest BCUT2D eigenvalue weighted by Crippen LogP contribution is 2.33. The zero-order valence-electron chi connectivity index (χ0n) is 13.3. The molecule has 1 aromatic carbocycles. The second kappa shape index (κ2) is 4.84. The van der Waals surface area contributed by atoms with Crippen molar-refractivity contribution in [2.45, 2.75) is 13.8 Å². The van der Waals surface area contributed by atoms with Gasteiger partial charge in [0, 0.05) is 24.0 Å². The first-order chi connectivity index (χ1) is 10.8. The Kier molecular flexibility index (Phi) is 3.10. The lowest BCUT2D eigenvalue weighted by molar-refractivity contribution is 0.0394. The summed E-state index contributed by atoms with van der Waals surface area (Å²) in [5.41, 5.74) is 3.95. The maximum absolute atomic E-state index is 12.6. The van der Waals surface area contributed by atoms with Crippen LogP contribution in [0, 0.1) is 25.7 Å². The van der Waals surface area contributed by atoms with Crippen LogP contribution in [0.1, 0.15) is 21.6 Å². The summed E-state index contributed by atoms with van der Waals surface area (Å²) in [7, 11) is -2.78. The van der Waals surface area contributed by atoms with Gasteiger partial charge in [0.05, 0.1) is 11.5 Å². The van der Waals surface area contributed by atoms with Crippen LogP contribution in [0.3, 0.4) is 0 Å². The molecule has 122 valence electrons. The van der Waals surface area contributed by atoms with Gasteiger partial charge in [-0.25, -0.2) is 8.42 Å². The Hall–Kier alpha value is -1.82. The smallest absolute Gasteiger partial charge is 0.270 e. The summed E-state index contributed by atoms with van der Waals surface area (Å²) in [5, 5.41) is 1.08. The molecule has 3 heterocycles. The molecule has 4 rings (SSSR count). The number of sulfone groups is 1. The largest absolute Gasteiger partial charge is 0.351 e. The van der Waals surface area contributed by atoms with Gasteiger partial charge in [-0.1, -0.05) is 6.07 Å². The minimum Gasteiger partial charge on any atom is -0.351 e. The van der Waals surface area contributed by atoms with Crippen molar-refractivity contribution < 1.29 is 13.2 Å². The SMILES string of the molecule is Cc1cc(C)c2cc(C(=O)N3CC(C4CS(=O)(=O)C4)C3)[nH]c2c1. The van der Waals surface area contributed by atoms with Crippen molar-refractivity contribution in [1.29, 1.82) is 0 Å². The Morgan fingerprint density at radius 3 is 2.48 bits per heavy atom. The van der Waals surface area contributed by atoms with Crippen LogP contribution in [0.25, 0.3) is 10.9 Å². The Balaban J connectivity index is 1.47. The zero-order valence-corrected chi connectivity index (χ0v) is 14.1. The van der Waals surface area contributed by atoms with Gasteiger partial charge in [-0.2, -0.15) is 0 Å². The van der Waals surface area contributed by atoms with E-state index in [0.717, 1.165) is 16.5 Å². The van der Waals surface area contributed by atoms with Crippen molar-refractivity contribution >= 4 is 26.6 Å². The van der Waals surface area contributed by atoms with Crippen LogP contribution >= 0.6 is 0 Å². The molecule has 0 unspecified atom stereocenters. The molecule has 0 spiro atoms. The molecule has 2 fully saturated rings. The molecule has 0 aliphatic carbocycles. The van der Waals surface area contributed by atoms with Crippen LogP contribution in [0.5, 0.6) is 0 Å². The van der Waals surface area contributed by atoms with Gasteiger partial charge in [-0.15, -0.1) is 0 Å². The molecule has 0 atom stereocenters. The minimum absolute atomic E-state index is 0.0108. The molecule has 0 radical (unpaired) electrons. The average Bonchev–Trinajstić information content (AvgIpc) is 2.78. The molecule has 5 nitrogen and oxygen atoms in total. The first-order valence-electron chi connectivity index (χ1n) is 7.92. The van der Waals surface area contributed by atoms with Crippen LogP contribution < -0.4 is 0 Å². The third-order valence-corrected chi connectivity index (χ3v) is 6.99. The molecule has 2 saturated heterocycles. The highest BCUT2D eigenvalue weighted by atomic mass is 32.2. The quantitative estimate of drug-likeness (QED) is 0.913. The molecule has 1 aromatic heterocycles. The van der Waals surface area contributed by atoms with Crippen molar-refractivity contribution in [1.82, 2.24) is 9.88 Å². The Morgan fingerprint density at radius 2 is 1.83 bits per heavy atom. The molecule has 6 heteroatoms. The van der Waals surface area contributed by atoms with Gasteiger partial charge in [0.1, 0.15) is 5.69 Å². The van der Waals surface area contributed by atoms with E-state index in [1.165, 1.54) is 5.56 Å². The Labute approximate surface area is 135 Å². The molecule has 2 aromatic rings. The van der Waals surface area contributed by atoms with Gasteiger partial charge in [-0.3, -0.25) is 4.79 Å². The van der Waals surface area contributed by atoms with Gasteiger partial charge in [0.25, 0.3) is 5.91 Å². The lowest BCUT2D eigenvalue weighted by Gasteiger charge is -2.45. The highest BCUT2D eigenvalue weighted by molar-refractivity contribution is 7.92. The summed E-state index contributed by atoms with van der Waals surface area (Å²) >= 11 is 0.